The number of rotatable bonds is 1. The maximum Gasteiger partial charge on any atom is 0.258 e. The Labute approximate surface area is 253 Å². The van der Waals surface area contributed by atoms with E-state index < -0.39 is 0 Å². The molecule has 2 aromatic carbocycles. The minimum absolute atomic E-state index is 0.115. The molecule has 3 aliphatic heterocycles. The summed E-state index contributed by atoms with van der Waals surface area (Å²) in [6.45, 7) is 1.44. The van der Waals surface area contributed by atoms with E-state index in [-0.39, 0.29) is 30.6 Å². The number of nitrogens with zero attached hydrogens (tertiary/aromatic N) is 5. The topological polar surface area (TPSA) is 124 Å². The predicted molar refractivity (Wildman–Crippen MR) is 164 cm³/mol. The number of aromatic nitrogens is 4. The highest BCUT2D eigenvalue weighted by molar-refractivity contribution is 5.95. The second-order valence-corrected chi connectivity index (χ2v) is 11.0. The minimum atomic E-state index is -0.352. The van der Waals surface area contributed by atoms with Crippen molar-refractivity contribution in [2.24, 2.45) is 7.05 Å². The second kappa shape index (κ2) is 11.7. The molecule has 6 heterocycles. The molecule has 2 N–H and O–H groups in total. The molecule has 11 nitrogen and oxygen atoms in total. The molecule has 2 amide bonds. The number of benzene rings is 2. The van der Waals surface area contributed by atoms with Crippen LogP contribution >= 0.6 is 0 Å². The van der Waals surface area contributed by atoms with E-state index in [1.54, 1.807) is 30.9 Å². The first kappa shape index (κ1) is 27.4. The highest BCUT2D eigenvalue weighted by atomic mass is 16.5. The number of hydrogen-bond acceptors (Lipinski definition) is 8. The van der Waals surface area contributed by atoms with Gasteiger partial charge in [-0.3, -0.25) is 14.6 Å². The fraction of sp³-hybridized carbons (Fsp3) is 0.242. The van der Waals surface area contributed by atoms with Crippen LogP contribution in [0.5, 0.6) is 11.5 Å². The van der Waals surface area contributed by atoms with Gasteiger partial charge in [-0.15, -0.1) is 0 Å². The maximum absolute atomic E-state index is 13.7. The van der Waals surface area contributed by atoms with Crippen LogP contribution in [0.15, 0.2) is 85.6 Å². The number of aryl methyl sites for hydroxylation is 1. The monoisotopic (exact) mass is 589 g/mol. The number of carbonyl (C=O) groups is 2. The van der Waals surface area contributed by atoms with Gasteiger partial charge in [0.2, 0.25) is 0 Å². The van der Waals surface area contributed by atoms with Crippen LogP contribution in [0, 0.1) is 0 Å². The number of anilines is 1. The summed E-state index contributed by atoms with van der Waals surface area (Å²) in [6.07, 6.45) is 7.18. The first-order chi connectivity index (χ1) is 21.5. The molecule has 6 bridgehead atoms. The average Bonchev–Trinajstić information content (AvgIpc) is 3.44. The van der Waals surface area contributed by atoms with Crippen LogP contribution in [0.25, 0.3) is 22.2 Å². The molecule has 11 heteroatoms. The van der Waals surface area contributed by atoms with Gasteiger partial charge in [-0.05, 0) is 47.5 Å². The average molecular weight is 590 g/mol. The van der Waals surface area contributed by atoms with Crippen LogP contribution in [-0.2, 0) is 18.4 Å². The van der Waals surface area contributed by atoms with Crippen LogP contribution in [0.3, 0.4) is 0 Å². The summed E-state index contributed by atoms with van der Waals surface area (Å²) in [4.78, 5) is 41.8. The van der Waals surface area contributed by atoms with Gasteiger partial charge in [0.25, 0.3) is 11.8 Å². The van der Waals surface area contributed by atoms with Gasteiger partial charge in [0.05, 0.1) is 17.0 Å². The Morgan fingerprint density at radius 2 is 1.80 bits per heavy atom. The predicted octanol–water partition coefficient (Wildman–Crippen LogP) is 3.50. The Morgan fingerprint density at radius 1 is 0.932 bits per heavy atom. The molecule has 0 spiro atoms. The van der Waals surface area contributed by atoms with Crippen molar-refractivity contribution < 1.29 is 19.1 Å². The SMILES string of the molecule is Cn1ccc2c(N3CC[C@@H]4Oc5ccc(cc5)CNC(=O)COc5cccc(c5)-c5cncc(c5)C(=O)N[C@@H]4C3)ncnc21. The van der Waals surface area contributed by atoms with Gasteiger partial charge in [0.1, 0.15) is 35.4 Å². The minimum Gasteiger partial charge on any atom is -0.488 e. The van der Waals surface area contributed by atoms with Gasteiger partial charge in [-0.25, -0.2) is 9.97 Å². The van der Waals surface area contributed by atoms with Crippen molar-refractivity contribution in [1.82, 2.24) is 30.2 Å². The van der Waals surface area contributed by atoms with E-state index in [1.807, 2.05) is 66.3 Å². The Hall–Kier alpha value is -5.45. The Morgan fingerprint density at radius 3 is 2.68 bits per heavy atom. The number of hydrogen-bond donors (Lipinski definition) is 2. The first-order valence-electron chi connectivity index (χ1n) is 14.5. The molecule has 3 aromatic heterocycles. The normalized spacial score (nSPS) is 18.9. The number of nitrogens with one attached hydrogen (secondary N) is 2. The van der Waals surface area contributed by atoms with Crippen LogP contribution in [0.2, 0.25) is 0 Å². The van der Waals surface area contributed by atoms with Crippen molar-refractivity contribution in [3.8, 4) is 22.6 Å². The third-order valence-electron chi connectivity index (χ3n) is 8.04. The Balaban J connectivity index is 1.22. The number of carbonyl (C=O) groups excluding carboxylic acids is 2. The molecule has 1 fully saturated rings. The molecule has 0 radical (unpaired) electrons. The summed E-state index contributed by atoms with van der Waals surface area (Å²) >= 11 is 0. The van der Waals surface area contributed by atoms with Crippen molar-refractivity contribution in [2.45, 2.75) is 25.1 Å². The second-order valence-electron chi connectivity index (χ2n) is 11.0. The molecule has 8 rings (SSSR count). The fourth-order valence-corrected chi connectivity index (χ4v) is 5.72. The zero-order valence-corrected chi connectivity index (χ0v) is 24.1. The van der Waals surface area contributed by atoms with Crippen molar-refractivity contribution in [2.75, 3.05) is 24.6 Å². The maximum atomic E-state index is 13.7. The molecule has 0 unspecified atom stereocenters. The summed E-state index contributed by atoms with van der Waals surface area (Å²) in [6, 6.07) is 18.5. The van der Waals surface area contributed by atoms with Gasteiger partial charge < -0.3 is 29.6 Å². The van der Waals surface area contributed by atoms with Crippen molar-refractivity contribution in [3.63, 3.8) is 0 Å². The number of pyridine rings is 1. The van der Waals surface area contributed by atoms with Gasteiger partial charge in [0, 0.05) is 57.3 Å². The summed E-state index contributed by atoms with van der Waals surface area (Å²) in [7, 11) is 1.96. The van der Waals surface area contributed by atoms with Crippen molar-refractivity contribution in [3.05, 3.63) is 96.7 Å². The van der Waals surface area contributed by atoms with E-state index in [0.29, 0.717) is 43.1 Å². The van der Waals surface area contributed by atoms with Crippen LogP contribution < -0.4 is 25.0 Å². The van der Waals surface area contributed by atoms with E-state index >= 15 is 0 Å². The quantitative estimate of drug-likeness (QED) is 0.305. The lowest BCUT2D eigenvalue weighted by atomic mass is 10.00. The molecule has 5 aromatic rings. The molecular formula is C33H31N7O4. The van der Waals surface area contributed by atoms with Gasteiger partial charge in [0.15, 0.2) is 6.61 Å². The van der Waals surface area contributed by atoms with Crippen LogP contribution in [-0.4, -0.2) is 63.2 Å². The van der Waals surface area contributed by atoms with Crippen molar-refractivity contribution >= 4 is 28.7 Å². The highest BCUT2D eigenvalue weighted by Crippen LogP contribution is 2.29. The molecule has 1 saturated heterocycles. The third-order valence-corrected chi connectivity index (χ3v) is 8.04. The molecule has 3 aliphatic rings. The third kappa shape index (κ3) is 5.63. The lowest BCUT2D eigenvalue weighted by molar-refractivity contribution is -0.123. The number of amides is 2. The smallest absolute Gasteiger partial charge is 0.258 e. The van der Waals surface area contributed by atoms with Crippen molar-refractivity contribution in [1.29, 1.82) is 0 Å². The zero-order chi connectivity index (χ0) is 30.0. The van der Waals surface area contributed by atoms with Gasteiger partial charge in [-0.1, -0.05) is 24.3 Å². The Kier molecular flexibility index (Phi) is 7.27. The van der Waals surface area contributed by atoms with Gasteiger partial charge in [-0.2, -0.15) is 0 Å². The lowest BCUT2D eigenvalue weighted by Gasteiger charge is -2.39. The van der Waals surface area contributed by atoms with E-state index in [4.69, 9.17) is 9.47 Å². The van der Waals surface area contributed by atoms with E-state index in [9.17, 15) is 9.59 Å². The van der Waals surface area contributed by atoms with E-state index in [2.05, 4.69) is 30.5 Å². The summed E-state index contributed by atoms with van der Waals surface area (Å²) in [5.74, 6) is 1.58. The largest absolute Gasteiger partial charge is 0.488 e. The molecular weight excluding hydrogens is 558 g/mol. The standard InChI is InChI=1S/C33H31N7O4/c1-39-11-9-27-31(39)36-20-37-32(27)40-12-10-29-28(18-40)38-33(42)24-13-23(16-34-17-24)22-3-2-4-26(14-22)43-19-30(41)35-15-21-5-7-25(44-29)8-6-21/h2-9,11,13-14,16-17,20,28-29H,10,12,15,18-19H2,1H3,(H,35,41)(H,38,42)/t28-,29+/m1/s1. The fourth-order valence-electron chi connectivity index (χ4n) is 5.72. The molecule has 0 aliphatic carbocycles. The van der Waals surface area contributed by atoms with Gasteiger partial charge >= 0.3 is 0 Å². The number of fused-ring (bicyclic) bond motifs is 8. The Bertz CT molecular complexity index is 1840. The first-order valence-corrected chi connectivity index (χ1v) is 14.5. The number of ether oxygens (including phenoxy) is 2. The summed E-state index contributed by atoms with van der Waals surface area (Å²) in [5.41, 5.74) is 3.78. The lowest BCUT2D eigenvalue weighted by Crippen LogP contribution is -2.57. The summed E-state index contributed by atoms with van der Waals surface area (Å²) < 4.78 is 14.2. The summed E-state index contributed by atoms with van der Waals surface area (Å²) in [5, 5.41) is 7.10. The highest BCUT2D eigenvalue weighted by Gasteiger charge is 2.34. The van der Waals surface area contributed by atoms with Crippen LogP contribution in [0.1, 0.15) is 22.3 Å². The molecule has 2 atom stereocenters. The number of piperidine rings is 1. The van der Waals surface area contributed by atoms with E-state index in [0.717, 1.165) is 33.5 Å². The molecule has 44 heavy (non-hydrogen) atoms. The van der Waals surface area contributed by atoms with E-state index in [1.165, 1.54) is 0 Å². The zero-order valence-electron chi connectivity index (χ0n) is 24.1. The van der Waals surface area contributed by atoms with Crippen LogP contribution in [0.4, 0.5) is 5.82 Å². The molecule has 222 valence electrons. The molecule has 0 saturated carbocycles.